The van der Waals surface area contributed by atoms with Crippen molar-refractivity contribution >= 4 is 29.0 Å². The van der Waals surface area contributed by atoms with Gasteiger partial charge < -0.3 is 15.2 Å². The molecule has 0 saturated carbocycles. The second kappa shape index (κ2) is 6.44. The number of imide groups is 1. The predicted molar refractivity (Wildman–Crippen MR) is 75.4 cm³/mol. The number of thiocarbonyl (C=S) groups is 1. The molecule has 2 N–H and O–H groups in total. The van der Waals surface area contributed by atoms with E-state index in [2.05, 4.69) is 0 Å². The van der Waals surface area contributed by atoms with Crippen LogP contribution in [0.2, 0.25) is 0 Å². The Kier molecular flexibility index (Phi) is 4.65. The number of nitrogens with zero attached hydrogens (tertiary/aromatic N) is 1. The van der Waals surface area contributed by atoms with Crippen LogP contribution in [0.25, 0.3) is 0 Å². The first kappa shape index (κ1) is 14.4. The summed E-state index contributed by atoms with van der Waals surface area (Å²) >= 11 is 4.88. The quantitative estimate of drug-likeness (QED) is 0.612. The third-order valence-electron chi connectivity index (χ3n) is 2.76. The van der Waals surface area contributed by atoms with Crippen molar-refractivity contribution in [3.05, 3.63) is 29.8 Å². The molecule has 0 bridgehead atoms. The first-order valence-electron chi connectivity index (χ1n) is 6.01. The van der Waals surface area contributed by atoms with Gasteiger partial charge >= 0.3 is 0 Å². The molecule has 1 aromatic rings. The summed E-state index contributed by atoms with van der Waals surface area (Å²) in [5.74, 6) is -0.105. The molecule has 2 rings (SSSR count). The van der Waals surface area contributed by atoms with E-state index in [1.807, 2.05) is 0 Å². The average Bonchev–Trinajstić information content (AvgIpc) is 2.42. The highest BCUT2D eigenvalue weighted by atomic mass is 32.1. The summed E-state index contributed by atoms with van der Waals surface area (Å²) in [6, 6.07) is 7.02. The zero-order valence-electron chi connectivity index (χ0n) is 10.7. The van der Waals surface area contributed by atoms with Crippen LogP contribution < -0.4 is 10.5 Å². The minimum absolute atomic E-state index is 0.0668. The van der Waals surface area contributed by atoms with E-state index in [4.69, 9.17) is 27.4 Å². The van der Waals surface area contributed by atoms with Crippen molar-refractivity contribution in [1.82, 2.24) is 4.90 Å². The monoisotopic (exact) mass is 294 g/mol. The fraction of sp³-hybridized carbons (Fsp3) is 0.308. The Morgan fingerprint density at radius 3 is 2.70 bits per heavy atom. The smallest absolute Gasteiger partial charge is 0.255 e. The molecule has 1 heterocycles. The van der Waals surface area contributed by atoms with E-state index in [0.717, 1.165) is 4.90 Å². The van der Waals surface area contributed by atoms with Gasteiger partial charge in [-0.3, -0.25) is 14.5 Å². The SMILES string of the molecule is NC(=S)c1cccc(OCCN2C(=O)COCC2=O)c1. The van der Waals surface area contributed by atoms with Gasteiger partial charge in [-0.1, -0.05) is 24.4 Å². The molecular weight excluding hydrogens is 280 g/mol. The highest BCUT2D eigenvalue weighted by Crippen LogP contribution is 2.13. The highest BCUT2D eigenvalue weighted by molar-refractivity contribution is 7.80. The molecule has 2 amide bonds. The van der Waals surface area contributed by atoms with Gasteiger partial charge in [-0.2, -0.15) is 0 Å². The minimum atomic E-state index is -0.346. The van der Waals surface area contributed by atoms with Crippen molar-refractivity contribution in [2.75, 3.05) is 26.4 Å². The molecule has 1 aliphatic heterocycles. The van der Waals surface area contributed by atoms with E-state index in [9.17, 15) is 9.59 Å². The second-order valence-electron chi connectivity index (χ2n) is 4.17. The van der Waals surface area contributed by atoms with Gasteiger partial charge in [-0.15, -0.1) is 0 Å². The van der Waals surface area contributed by atoms with Gasteiger partial charge in [-0.25, -0.2) is 0 Å². The number of carbonyl (C=O) groups excluding carboxylic acids is 2. The molecule has 1 aliphatic rings. The summed E-state index contributed by atoms with van der Waals surface area (Å²) in [4.78, 5) is 24.4. The largest absolute Gasteiger partial charge is 0.492 e. The molecule has 1 fully saturated rings. The molecule has 1 saturated heterocycles. The molecule has 0 unspecified atom stereocenters. The predicted octanol–water partition coefficient (Wildman–Crippen LogP) is 0.0850. The molecule has 0 aliphatic carbocycles. The van der Waals surface area contributed by atoms with Gasteiger partial charge in [0.15, 0.2) is 0 Å². The molecule has 7 heteroatoms. The van der Waals surface area contributed by atoms with E-state index < -0.39 is 0 Å². The molecular formula is C13H14N2O4S. The normalized spacial score (nSPS) is 15.3. The number of amides is 2. The van der Waals surface area contributed by atoms with Gasteiger partial charge in [0.25, 0.3) is 11.8 Å². The molecule has 20 heavy (non-hydrogen) atoms. The summed E-state index contributed by atoms with van der Waals surface area (Å²) in [6.07, 6.45) is 0. The maximum Gasteiger partial charge on any atom is 0.255 e. The first-order chi connectivity index (χ1) is 9.58. The van der Waals surface area contributed by atoms with Crippen molar-refractivity contribution in [2.24, 2.45) is 5.73 Å². The Morgan fingerprint density at radius 2 is 2.05 bits per heavy atom. The van der Waals surface area contributed by atoms with Crippen molar-refractivity contribution < 1.29 is 19.1 Å². The van der Waals surface area contributed by atoms with Gasteiger partial charge in [0, 0.05) is 5.56 Å². The van der Waals surface area contributed by atoms with Gasteiger partial charge in [0.1, 0.15) is 30.6 Å². The Morgan fingerprint density at radius 1 is 1.35 bits per heavy atom. The lowest BCUT2D eigenvalue weighted by atomic mass is 10.2. The minimum Gasteiger partial charge on any atom is -0.492 e. The topological polar surface area (TPSA) is 81.9 Å². The van der Waals surface area contributed by atoms with Crippen LogP contribution in [0, 0.1) is 0 Å². The van der Waals surface area contributed by atoms with Crippen LogP contribution in [0.1, 0.15) is 5.56 Å². The van der Waals surface area contributed by atoms with Crippen LogP contribution in [0.3, 0.4) is 0 Å². The second-order valence-corrected chi connectivity index (χ2v) is 4.61. The molecule has 106 valence electrons. The van der Waals surface area contributed by atoms with Gasteiger partial charge in [0.2, 0.25) is 0 Å². The molecule has 6 nitrogen and oxygen atoms in total. The summed E-state index contributed by atoms with van der Waals surface area (Å²) in [7, 11) is 0. The molecule has 1 aromatic carbocycles. The summed E-state index contributed by atoms with van der Waals surface area (Å²) in [6.45, 7) is 0.266. The van der Waals surface area contributed by atoms with Crippen molar-refractivity contribution in [3.8, 4) is 5.75 Å². The number of morpholine rings is 1. The van der Waals surface area contributed by atoms with Crippen molar-refractivity contribution in [3.63, 3.8) is 0 Å². The van der Waals surface area contributed by atoms with Crippen LogP contribution in [0.4, 0.5) is 0 Å². The lowest BCUT2D eigenvalue weighted by Crippen LogP contribution is -2.47. The van der Waals surface area contributed by atoms with Crippen molar-refractivity contribution in [1.29, 1.82) is 0 Å². The van der Waals surface area contributed by atoms with Crippen LogP contribution in [-0.2, 0) is 14.3 Å². The third kappa shape index (κ3) is 3.52. The van der Waals surface area contributed by atoms with Gasteiger partial charge in [-0.05, 0) is 12.1 Å². The number of hydrogen-bond donors (Lipinski definition) is 1. The average molecular weight is 294 g/mol. The summed E-state index contributed by atoms with van der Waals surface area (Å²) in [5.41, 5.74) is 6.23. The summed E-state index contributed by atoms with van der Waals surface area (Å²) < 4.78 is 10.3. The Labute approximate surface area is 121 Å². The Hall–Kier alpha value is -1.99. The lowest BCUT2D eigenvalue weighted by Gasteiger charge is -2.24. The lowest BCUT2D eigenvalue weighted by molar-refractivity contribution is -0.158. The highest BCUT2D eigenvalue weighted by Gasteiger charge is 2.26. The molecule has 0 spiro atoms. The van der Waals surface area contributed by atoms with Crippen LogP contribution >= 0.6 is 12.2 Å². The van der Waals surface area contributed by atoms with Gasteiger partial charge in [0.05, 0.1) is 6.54 Å². The van der Waals surface area contributed by atoms with E-state index in [1.165, 1.54) is 0 Å². The van der Waals surface area contributed by atoms with E-state index in [-0.39, 0.29) is 43.2 Å². The van der Waals surface area contributed by atoms with E-state index >= 15 is 0 Å². The standard InChI is InChI=1S/C13H14N2O4S/c14-13(20)9-2-1-3-10(6-9)19-5-4-15-11(16)7-18-8-12(15)17/h1-3,6H,4-5,7-8H2,(H2,14,20). The third-order valence-corrected chi connectivity index (χ3v) is 2.99. The maximum atomic E-state index is 11.5. The fourth-order valence-corrected chi connectivity index (χ4v) is 1.89. The Bertz CT molecular complexity index is 531. The zero-order chi connectivity index (χ0) is 14.5. The number of rotatable bonds is 5. The number of ether oxygens (including phenoxy) is 2. The number of benzene rings is 1. The van der Waals surface area contributed by atoms with E-state index in [1.54, 1.807) is 24.3 Å². The maximum absolute atomic E-state index is 11.5. The first-order valence-corrected chi connectivity index (χ1v) is 6.42. The van der Waals surface area contributed by atoms with Crippen molar-refractivity contribution in [2.45, 2.75) is 0 Å². The van der Waals surface area contributed by atoms with Crippen LogP contribution in [0.5, 0.6) is 5.75 Å². The van der Waals surface area contributed by atoms with Crippen LogP contribution in [0.15, 0.2) is 24.3 Å². The molecule has 0 aromatic heterocycles. The molecule has 0 radical (unpaired) electrons. The number of carbonyl (C=O) groups is 2. The number of nitrogens with two attached hydrogens (primary N) is 1. The van der Waals surface area contributed by atoms with E-state index in [0.29, 0.717) is 11.3 Å². The zero-order valence-corrected chi connectivity index (χ0v) is 11.5. The fourth-order valence-electron chi connectivity index (χ4n) is 1.76. The van der Waals surface area contributed by atoms with Crippen LogP contribution in [-0.4, -0.2) is 48.1 Å². The number of hydrogen-bond acceptors (Lipinski definition) is 5. The molecule has 0 atom stereocenters. The summed E-state index contributed by atoms with van der Waals surface area (Å²) in [5, 5.41) is 0. The Balaban J connectivity index is 1.89.